The molecule has 4 heterocycles. The number of nitrogens with one attached hydrogen (secondary N) is 2. The summed E-state index contributed by atoms with van der Waals surface area (Å²) in [6.07, 6.45) is -1.99. The third-order valence-electron chi connectivity index (χ3n) is 5.74. The highest BCUT2D eigenvalue weighted by Gasteiger charge is 2.29. The van der Waals surface area contributed by atoms with Crippen molar-refractivity contribution in [3.8, 4) is 6.07 Å². The first kappa shape index (κ1) is 21.6. The van der Waals surface area contributed by atoms with Crippen LogP contribution in [0.4, 0.5) is 19.0 Å². The first-order valence-electron chi connectivity index (χ1n) is 10.5. The third-order valence-corrected chi connectivity index (χ3v) is 6.78. The molecule has 5 rings (SSSR count). The number of piperidine rings is 1. The van der Waals surface area contributed by atoms with Gasteiger partial charge in [-0.15, -0.1) is 11.3 Å². The first-order chi connectivity index (χ1) is 15.9. The minimum atomic E-state index is -4.24. The lowest BCUT2D eigenvalue weighted by molar-refractivity contribution is -0.126. The molecule has 0 radical (unpaired) electrons. The quantitative estimate of drug-likeness (QED) is 0.441. The molecule has 170 valence electrons. The Hall–Kier alpha value is -3.23. The number of imidazole rings is 1. The molecule has 0 amide bonds. The number of hydrogen-bond acceptors (Lipinski definition) is 7. The van der Waals surface area contributed by atoms with Crippen LogP contribution in [0.3, 0.4) is 0 Å². The van der Waals surface area contributed by atoms with Gasteiger partial charge >= 0.3 is 6.18 Å². The number of fused-ring (bicyclic) bond motifs is 2. The Balaban J connectivity index is 1.21. The number of nitriles is 1. The molecule has 7 nitrogen and oxygen atoms in total. The maximum Gasteiger partial charge on any atom is 0.393 e. The molecule has 1 aromatic carbocycles. The predicted molar refractivity (Wildman–Crippen MR) is 120 cm³/mol. The fourth-order valence-electron chi connectivity index (χ4n) is 4.20. The summed E-state index contributed by atoms with van der Waals surface area (Å²) in [5, 5.41) is 13.1. The van der Waals surface area contributed by atoms with Crippen LogP contribution in [0.15, 0.2) is 30.6 Å². The molecule has 0 aliphatic carbocycles. The zero-order valence-corrected chi connectivity index (χ0v) is 18.3. The Labute approximate surface area is 191 Å². The molecule has 1 aliphatic heterocycles. The average Bonchev–Trinajstić information content (AvgIpc) is 3.37. The molecule has 0 saturated carbocycles. The highest BCUT2D eigenvalue weighted by atomic mass is 32.1. The van der Waals surface area contributed by atoms with Gasteiger partial charge < -0.3 is 10.3 Å². The van der Waals surface area contributed by atoms with Crippen LogP contribution in [-0.2, 0) is 13.0 Å². The standard InChI is InChI=1S/C22H20F3N7S/c23-22(24,25)9-15-8-16-20(27-12-28-21(16)33-15)29-14-3-5-32(6-4-14)11-13-1-2-17-18(7-13)31-19(10-26)30-17/h1-2,7-8,12,14H,3-6,9,11H2,(H,30,31)(H,27,28,29). The van der Waals surface area contributed by atoms with Gasteiger partial charge in [0.2, 0.25) is 5.82 Å². The van der Waals surface area contributed by atoms with Gasteiger partial charge in [-0.05, 0) is 36.6 Å². The Morgan fingerprint density at radius 1 is 1.21 bits per heavy atom. The SMILES string of the molecule is N#Cc1nc2ccc(CN3CCC(Nc4ncnc5sc(CC(F)(F)F)cc45)CC3)cc2[nH]1. The topological polar surface area (TPSA) is 93.5 Å². The molecule has 33 heavy (non-hydrogen) atoms. The summed E-state index contributed by atoms with van der Waals surface area (Å²) in [5.41, 5.74) is 2.78. The molecule has 1 aliphatic rings. The van der Waals surface area contributed by atoms with Gasteiger partial charge in [-0.2, -0.15) is 18.4 Å². The number of hydrogen-bond donors (Lipinski definition) is 2. The van der Waals surface area contributed by atoms with Crippen LogP contribution in [0.2, 0.25) is 0 Å². The molecule has 4 aromatic rings. The number of anilines is 1. The smallest absolute Gasteiger partial charge is 0.367 e. The van der Waals surface area contributed by atoms with Crippen LogP contribution in [-0.4, -0.2) is 50.1 Å². The van der Waals surface area contributed by atoms with Crippen LogP contribution in [0.1, 0.15) is 29.1 Å². The lowest BCUT2D eigenvalue weighted by atomic mass is 10.0. The maximum atomic E-state index is 12.8. The Bertz CT molecular complexity index is 1330. The highest BCUT2D eigenvalue weighted by molar-refractivity contribution is 7.18. The molecule has 0 unspecified atom stereocenters. The zero-order chi connectivity index (χ0) is 23.0. The molecular formula is C22H20F3N7S. The van der Waals surface area contributed by atoms with Crippen molar-refractivity contribution >= 4 is 38.4 Å². The number of benzene rings is 1. The van der Waals surface area contributed by atoms with Gasteiger partial charge in [0.05, 0.1) is 22.8 Å². The second-order valence-corrected chi connectivity index (χ2v) is 9.30. The van der Waals surface area contributed by atoms with Crippen LogP contribution in [0, 0.1) is 11.3 Å². The van der Waals surface area contributed by atoms with E-state index in [1.54, 1.807) is 6.07 Å². The van der Waals surface area contributed by atoms with E-state index in [1.165, 1.54) is 6.33 Å². The summed E-state index contributed by atoms with van der Waals surface area (Å²) in [4.78, 5) is 18.8. The second kappa shape index (κ2) is 8.61. The van der Waals surface area contributed by atoms with E-state index in [9.17, 15) is 13.2 Å². The third kappa shape index (κ3) is 4.91. The van der Waals surface area contributed by atoms with Gasteiger partial charge in [0, 0.05) is 30.6 Å². The lowest BCUT2D eigenvalue weighted by Gasteiger charge is -2.32. The molecule has 0 spiro atoms. The number of nitrogens with zero attached hydrogens (tertiary/aromatic N) is 5. The minimum absolute atomic E-state index is 0.193. The molecule has 11 heteroatoms. The van der Waals surface area contributed by atoms with Gasteiger partial charge in [0.15, 0.2) is 0 Å². The molecule has 0 atom stereocenters. The van der Waals surface area contributed by atoms with E-state index in [0.717, 1.165) is 60.4 Å². The zero-order valence-electron chi connectivity index (χ0n) is 17.5. The van der Waals surface area contributed by atoms with E-state index in [2.05, 4.69) is 30.2 Å². The predicted octanol–water partition coefficient (Wildman–Crippen LogP) is 4.62. The Morgan fingerprint density at radius 2 is 2.03 bits per heavy atom. The van der Waals surface area contributed by atoms with E-state index in [-0.39, 0.29) is 10.9 Å². The van der Waals surface area contributed by atoms with Crippen molar-refractivity contribution in [3.63, 3.8) is 0 Å². The monoisotopic (exact) mass is 471 g/mol. The summed E-state index contributed by atoms with van der Waals surface area (Å²) in [5.74, 6) is 0.908. The van der Waals surface area contributed by atoms with Gasteiger partial charge in [-0.25, -0.2) is 15.0 Å². The van der Waals surface area contributed by atoms with Crippen molar-refractivity contribution in [2.24, 2.45) is 0 Å². The minimum Gasteiger partial charge on any atom is -0.367 e. The molecule has 2 N–H and O–H groups in total. The van der Waals surface area contributed by atoms with Crippen molar-refractivity contribution in [1.82, 2.24) is 24.8 Å². The summed E-state index contributed by atoms with van der Waals surface area (Å²) in [6, 6.07) is 9.74. The number of likely N-dealkylation sites (tertiary alicyclic amines) is 1. The Kier molecular flexibility index (Phi) is 5.64. The molecule has 3 aromatic heterocycles. The van der Waals surface area contributed by atoms with Gasteiger partial charge in [-0.1, -0.05) is 6.07 Å². The molecule has 0 bridgehead atoms. The van der Waals surface area contributed by atoms with E-state index in [1.807, 2.05) is 24.3 Å². The van der Waals surface area contributed by atoms with E-state index in [0.29, 0.717) is 21.9 Å². The van der Waals surface area contributed by atoms with Crippen molar-refractivity contribution in [3.05, 3.63) is 46.9 Å². The number of H-pyrrole nitrogens is 1. The Morgan fingerprint density at radius 3 is 2.79 bits per heavy atom. The number of aromatic nitrogens is 4. The van der Waals surface area contributed by atoms with Gasteiger partial charge in [0.1, 0.15) is 23.0 Å². The van der Waals surface area contributed by atoms with Crippen LogP contribution in [0.25, 0.3) is 21.3 Å². The van der Waals surface area contributed by atoms with E-state index in [4.69, 9.17) is 5.26 Å². The van der Waals surface area contributed by atoms with E-state index < -0.39 is 12.6 Å². The molecule has 1 fully saturated rings. The maximum absolute atomic E-state index is 12.8. The fourth-order valence-corrected chi connectivity index (χ4v) is 5.23. The van der Waals surface area contributed by atoms with Gasteiger partial charge in [-0.3, -0.25) is 4.90 Å². The van der Waals surface area contributed by atoms with Crippen molar-refractivity contribution < 1.29 is 13.2 Å². The average molecular weight is 472 g/mol. The summed E-state index contributed by atoms with van der Waals surface area (Å²) >= 11 is 1.06. The number of rotatable bonds is 5. The normalized spacial score (nSPS) is 15.8. The largest absolute Gasteiger partial charge is 0.393 e. The number of thiophene rings is 1. The summed E-state index contributed by atoms with van der Waals surface area (Å²) in [7, 11) is 0. The van der Waals surface area contributed by atoms with Crippen LogP contribution >= 0.6 is 11.3 Å². The van der Waals surface area contributed by atoms with Crippen LogP contribution < -0.4 is 5.32 Å². The first-order valence-corrected chi connectivity index (χ1v) is 11.4. The highest BCUT2D eigenvalue weighted by Crippen LogP contribution is 2.33. The van der Waals surface area contributed by atoms with Crippen molar-refractivity contribution in [2.75, 3.05) is 18.4 Å². The number of halogens is 3. The molecule has 1 saturated heterocycles. The van der Waals surface area contributed by atoms with Crippen molar-refractivity contribution in [2.45, 2.75) is 38.0 Å². The van der Waals surface area contributed by atoms with Crippen molar-refractivity contribution in [1.29, 1.82) is 5.26 Å². The summed E-state index contributed by atoms with van der Waals surface area (Å²) in [6.45, 7) is 2.57. The number of aromatic amines is 1. The lowest BCUT2D eigenvalue weighted by Crippen LogP contribution is -2.38. The summed E-state index contributed by atoms with van der Waals surface area (Å²) < 4.78 is 38.3. The van der Waals surface area contributed by atoms with Gasteiger partial charge in [0.25, 0.3) is 0 Å². The number of alkyl halides is 3. The van der Waals surface area contributed by atoms with Crippen LogP contribution in [0.5, 0.6) is 0 Å². The van der Waals surface area contributed by atoms with E-state index >= 15 is 0 Å². The molecular weight excluding hydrogens is 451 g/mol. The second-order valence-electron chi connectivity index (χ2n) is 8.19. The fraction of sp³-hybridized carbons (Fsp3) is 0.364.